The van der Waals surface area contributed by atoms with Gasteiger partial charge in [0.2, 0.25) is 0 Å². The minimum absolute atomic E-state index is 0. The molecule has 2 unspecified atom stereocenters. The second-order valence-corrected chi connectivity index (χ2v) is 8.25. The highest BCUT2D eigenvalue weighted by Crippen LogP contribution is 2.33. The van der Waals surface area contributed by atoms with Crippen LogP contribution in [0.1, 0.15) is 36.6 Å². The lowest BCUT2D eigenvalue weighted by Crippen LogP contribution is -2.49. The SMILES string of the molecule is CN=C(NCC1CCOC1c1ccccc1)NC1CCN(c2cccc(C)n2)CC1.I. The normalized spacial score (nSPS) is 22.1. The third-order valence-corrected chi connectivity index (χ3v) is 6.13. The van der Waals surface area contributed by atoms with Crippen molar-refractivity contribution in [3.63, 3.8) is 0 Å². The first-order valence-corrected chi connectivity index (χ1v) is 11.1. The number of halogens is 1. The summed E-state index contributed by atoms with van der Waals surface area (Å²) >= 11 is 0. The Kier molecular flexibility index (Phi) is 8.95. The Hall–Kier alpha value is -1.87. The first-order chi connectivity index (χ1) is 14.7. The Morgan fingerprint density at radius 2 is 1.87 bits per heavy atom. The minimum Gasteiger partial charge on any atom is -0.373 e. The number of aliphatic imine (C=N–C) groups is 1. The number of hydrogen-bond acceptors (Lipinski definition) is 4. The lowest BCUT2D eigenvalue weighted by Gasteiger charge is -2.34. The molecule has 1 aromatic heterocycles. The van der Waals surface area contributed by atoms with Gasteiger partial charge in [-0.3, -0.25) is 4.99 Å². The van der Waals surface area contributed by atoms with Gasteiger partial charge in [-0.05, 0) is 43.9 Å². The van der Waals surface area contributed by atoms with E-state index in [1.54, 1.807) is 0 Å². The summed E-state index contributed by atoms with van der Waals surface area (Å²) in [5.74, 6) is 2.44. The standard InChI is InChI=1S/C24H33N5O.HI/c1-18-7-6-10-22(27-18)29-14-11-21(12-15-29)28-24(25-2)26-17-20-13-16-30-23(20)19-8-4-3-5-9-19;/h3-10,20-21,23H,11-17H2,1-2H3,(H2,25,26,28);1H. The van der Waals surface area contributed by atoms with Crippen molar-refractivity contribution in [3.8, 4) is 0 Å². The fourth-order valence-corrected chi connectivity index (χ4v) is 4.43. The van der Waals surface area contributed by atoms with E-state index in [9.17, 15) is 0 Å². The van der Waals surface area contributed by atoms with Crippen molar-refractivity contribution in [2.75, 3.05) is 38.2 Å². The zero-order valence-corrected chi connectivity index (χ0v) is 20.8. The quantitative estimate of drug-likeness (QED) is 0.346. The third-order valence-electron chi connectivity index (χ3n) is 6.13. The summed E-state index contributed by atoms with van der Waals surface area (Å²) in [4.78, 5) is 11.5. The Bertz CT molecular complexity index is 839. The molecule has 2 N–H and O–H groups in total. The third kappa shape index (κ3) is 6.32. The molecule has 2 atom stereocenters. The minimum atomic E-state index is 0. The zero-order valence-electron chi connectivity index (χ0n) is 18.5. The Morgan fingerprint density at radius 1 is 1.10 bits per heavy atom. The van der Waals surface area contributed by atoms with Crippen molar-refractivity contribution < 1.29 is 4.74 Å². The van der Waals surface area contributed by atoms with Gasteiger partial charge in [-0.2, -0.15) is 0 Å². The molecular formula is C24H34IN5O. The molecule has 0 saturated carbocycles. The van der Waals surface area contributed by atoms with Gasteiger partial charge in [-0.1, -0.05) is 36.4 Å². The number of nitrogens with zero attached hydrogens (tertiary/aromatic N) is 3. The van der Waals surface area contributed by atoms with Crippen LogP contribution in [0.2, 0.25) is 0 Å². The van der Waals surface area contributed by atoms with E-state index in [-0.39, 0.29) is 30.1 Å². The fourth-order valence-electron chi connectivity index (χ4n) is 4.43. The van der Waals surface area contributed by atoms with Crippen LogP contribution in [0.3, 0.4) is 0 Å². The first kappa shape index (κ1) is 23.8. The van der Waals surface area contributed by atoms with Crippen molar-refractivity contribution in [2.45, 2.75) is 38.3 Å². The summed E-state index contributed by atoms with van der Waals surface area (Å²) < 4.78 is 6.02. The molecule has 0 radical (unpaired) electrons. The number of aryl methyl sites for hydroxylation is 1. The van der Waals surface area contributed by atoms with Crippen molar-refractivity contribution in [3.05, 3.63) is 59.8 Å². The van der Waals surface area contributed by atoms with E-state index in [4.69, 9.17) is 4.74 Å². The molecule has 6 nitrogen and oxygen atoms in total. The van der Waals surface area contributed by atoms with E-state index >= 15 is 0 Å². The molecule has 7 heteroatoms. The molecular weight excluding hydrogens is 501 g/mol. The maximum atomic E-state index is 6.02. The largest absolute Gasteiger partial charge is 0.373 e. The highest BCUT2D eigenvalue weighted by atomic mass is 127. The van der Waals surface area contributed by atoms with Crippen LogP contribution in [0.25, 0.3) is 0 Å². The summed E-state index contributed by atoms with van der Waals surface area (Å²) in [7, 11) is 1.85. The van der Waals surface area contributed by atoms with Gasteiger partial charge >= 0.3 is 0 Å². The predicted molar refractivity (Wildman–Crippen MR) is 137 cm³/mol. The molecule has 2 aliphatic heterocycles. The van der Waals surface area contributed by atoms with Gasteiger partial charge in [0.1, 0.15) is 5.82 Å². The van der Waals surface area contributed by atoms with Crippen molar-refractivity contribution in [1.29, 1.82) is 0 Å². The second kappa shape index (κ2) is 11.7. The molecule has 168 valence electrons. The maximum Gasteiger partial charge on any atom is 0.191 e. The van der Waals surface area contributed by atoms with E-state index < -0.39 is 0 Å². The number of rotatable bonds is 5. The van der Waals surface area contributed by atoms with Crippen molar-refractivity contribution in [1.82, 2.24) is 15.6 Å². The summed E-state index contributed by atoms with van der Waals surface area (Å²) in [6.45, 7) is 5.76. The number of pyridine rings is 1. The summed E-state index contributed by atoms with van der Waals surface area (Å²) in [6, 6.07) is 17.2. The number of anilines is 1. The smallest absolute Gasteiger partial charge is 0.191 e. The summed E-state index contributed by atoms with van der Waals surface area (Å²) in [5.41, 5.74) is 2.34. The highest BCUT2D eigenvalue weighted by molar-refractivity contribution is 14.0. The van der Waals surface area contributed by atoms with Gasteiger partial charge in [-0.15, -0.1) is 24.0 Å². The Balaban J connectivity index is 0.00000272. The number of piperidine rings is 1. The van der Waals surface area contributed by atoms with Crippen molar-refractivity contribution >= 4 is 35.8 Å². The molecule has 0 bridgehead atoms. The van der Waals surface area contributed by atoms with Crippen LogP contribution in [0, 0.1) is 12.8 Å². The van der Waals surface area contributed by atoms with Crippen LogP contribution in [-0.4, -0.2) is 50.3 Å². The van der Waals surface area contributed by atoms with Gasteiger partial charge in [0.15, 0.2) is 5.96 Å². The molecule has 0 aliphatic carbocycles. The van der Waals surface area contributed by atoms with Crippen LogP contribution in [0.4, 0.5) is 5.82 Å². The van der Waals surface area contributed by atoms with Crippen LogP contribution in [0.15, 0.2) is 53.5 Å². The topological polar surface area (TPSA) is 61.8 Å². The first-order valence-electron chi connectivity index (χ1n) is 11.1. The number of nitrogens with one attached hydrogen (secondary N) is 2. The maximum absolute atomic E-state index is 6.02. The van der Waals surface area contributed by atoms with Gasteiger partial charge in [-0.25, -0.2) is 4.98 Å². The lowest BCUT2D eigenvalue weighted by atomic mass is 9.95. The summed E-state index contributed by atoms with van der Waals surface area (Å²) in [6.07, 6.45) is 3.40. The molecule has 2 fully saturated rings. The Labute approximate surface area is 202 Å². The Morgan fingerprint density at radius 3 is 2.58 bits per heavy atom. The van der Waals surface area contributed by atoms with E-state index in [1.807, 2.05) is 20.0 Å². The number of hydrogen-bond donors (Lipinski definition) is 2. The molecule has 3 heterocycles. The predicted octanol–water partition coefficient (Wildman–Crippen LogP) is 3.92. The second-order valence-electron chi connectivity index (χ2n) is 8.25. The van der Waals surface area contributed by atoms with Crippen LogP contribution < -0.4 is 15.5 Å². The monoisotopic (exact) mass is 535 g/mol. The molecule has 0 spiro atoms. The number of guanidine groups is 1. The fraction of sp³-hybridized carbons (Fsp3) is 0.500. The van der Waals surface area contributed by atoms with Crippen LogP contribution in [-0.2, 0) is 4.74 Å². The molecule has 2 saturated heterocycles. The van der Waals surface area contributed by atoms with E-state index in [2.05, 4.69) is 68.0 Å². The van der Waals surface area contributed by atoms with Crippen LogP contribution in [0.5, 0.6) is 0 Å². The summed E-state index contributed by atoms with van der Waals surface area (Å²) in [5, 5.41) is 7.16. The van der Waals surface area contributed by atoms with Gasteiger partial charge in [0, 0.05) is 50.9 Å². The van der Waals surface area contributed by atoms with E-state index in [0.29, 0.717) is 12.0 Å². The molecule has 0 amide bonds. The number of ether oxygens (including phenoxy) is 1. The zero-order chi connectivity index (χ0) is 20.8. The molecule has 4 rings (SSSR count). The average molecular weight is 535 g/mol. The molecule has 31 heavy (non-hydrogen) atoms. The van der Waals surface area contributed by atoms with Crippen LogP contribution >= 0.6 is 24.0 Å². The van der Waals surface area contributed by atoms with E-state index in [1.165, 1.54) is 5.56 Å². The molecule has 1 aromatic carbocycles. The van der Waals surface area contributed by atoms with E-state index in [0.717, 1.165) is 63.0 Å². The van der Waals surface area contributed by atoms with Gasteiger partial charge in [0.05, 0.1) is 6.10 Å². The molecule has 2 aromatic rings. The number of aromatic nitrogens is 1. The van der Waals surface area contributed by atoms with Gasteiger partial charge in [0.25, 0.3) is 0 Å². The number of benzene rings is 1. The average Bonchev–Trinajstić information content (AvgIpc) is 3.26. The van der Waals surface area contributed by atoms with Gasteiger partial charge < -0.3 is 20.3 Å². The highest BCUT2D eigenvalue weighted by Gasteiger charge is 2.30. The van der Waals surface area contributed by atoms with Crippen molar-refractivity contribution in [2.24, 2.45) is 10.9 Å². The lowest BCUT2D eigenvalue weighted by molar-refractivity contribution is 0.0915. The molecule has 2 aliphatic rings.